The van der Waals surface area contributed by atoms with Crippen molar-refractivity contribution in [2.75, 3.05) is 38.2 Å². The van der Waals surface area contributed by atoms with Gasteiger partial charge in [0.25, 0.3) is 0 Å². The smallest absolute Gasteiger partial charge is 0.158 e. The molecule has 0 unspecified atom stereocenters. The molecule has 7 heteroatoms. The number of benzene rings is 1. The van der Waals surface area contributed by atoms with Gasteiger partial charge in [-0.25, -0.2) is 9.98 Å². The molecule has 2 aliphatic heterocycles. The number of rotatable bonds is 5. The molecule has 0 aliphatic carbocycles. The average molecular weight is 400 g/mol. The van der Waals surface area contributed by atoms with Gasteiger partial charge in [-0.1, -0.05) is 26.0 Å². The van der Waals surface area contributed by atoms with Crippen molar-refractivity contribution in [3.05, 3.63) is 35.0 Å². The van der Waals surface area contributed by atoms with Gasteiger partial charge in [0.2, 0.25) is 0 Å². The Morgan fingerprint density at radius 3 is 3.00 bits per heavy atom. The first kappa shape index (κ1) is 19.4. The second-order valence-corrected chi connectivity index (χ2v) is 8.58. The van der Waals surface area contributed by atoms with Crippen molar-refractivity contribution in [3.63, 3.8) is 0 Å². The summed E-state index contributed by atoms with van der Waals surface area (Å²) in [4.78, 5) is 12.5. The molecule has 4 rings (SSSR count). The fourth-order valence-electron chi connectivity index (χ4n) is 3.59. The topological polar surface area (TPSA) is 61.8 Å². The number of aliphatic imine (C=N–C) groups is 1. The van der Waals surface area contributed by atoms with E-state index in [1.807, 2.05) is 19.1 Å². The van der Waals surface area contributed by atoms with Gasteiger partial charge in [-0.3, -0.25) is 0 Å². The molecule has 150 valence electrons. The second kappa shape index (κ2) is 8.59. The van der Waals surface area contributed by atoms with Gasteiger partial charge in [0.15, 0.2) is 5.84 Å². The summed E-state index contributed by atoms with van der Waals surface area (Å²) in [6.45, 7) is 10.8. The van der Waals surface area contributed by atoms with Crippen LogP contribution in [0.3, 0.4) is 0 Å². The Hall–Kier alpha value is -1.96. The number of hydrogen-bond acceptors (Lipinski definition) is 7. The minimum absolute atomic E-state index is 0.400. The van der Waals surface area contributed by atoms with E-state index in [-0.39, 0.29) is 0 Å². The lowest BCUT2D eigenvalue weighted by Crippen LogP contribution is -2.53. The Balaban J connectivity index is 1.66. The summed E-state index contributed by atoms with van der Waals surface area (Å²) in [6, 6.07) is 8.64. The summed E-state index contributed by atoms with van der Waals surface area (Å²) < 4.78 is 5.56. The van der Waals surface area contributed by atoms with E-state index in [2.05, 4.69) is 41.5 Å². The average Bonchev–Trinajstić information content (AvgIpc) is 3.05. The van der Waals surface area contributed by atoms with Crippen LogP contribution in [0.1, 0.15) is 43.8 Å². The lowest BCUT2D eigenvalue weighted by atomic mass is 10.1. The van der Waals surface area contributed by atoms with Crippen molar-refractivity contribution in [2.45, 2.75) is 39.2 Å². The number of anilines is 2. The van der Waals surface area contributed by atoms with Crippen LogP contribution in [0.4, 0.5) is 16.4 Å². The molecule has 2 N–H and O–H groups in total. The molecular formula is C21H29N5OS. The molecule has 0 saturated carbocycles. The molecule has 0 spiro atoms. The molecule has 6 nitrogen and oxygen atoms in total. The predicted octanol–water partition coefficient (Wildman–Crippen LogP) is 4.10. The fraction of sp³-hybridized carbons (Fsp3) is 0.524. The maximum absolute atomic E-state index is 5.56. The number of aromatic nitrogens is 1. The van der Waals surface area contributed by atoms with Crippen molar-refractivity contribution >= 4 is 33.5 Å². The quantitative estimate of drug-likeness (QED) is 0.741. The third kappa shape index (κ3) is 4.06. The molecule has 1 aromatic carbocycles. The number of nitrogens with one attached hydrogen (secondary N) is 2. The normalized spacial score (nSPS) is 18.9. The van der Waals surface area contributed by atoms with E-state index in [1.54, 1.807) is 11.3 Å². The van der Waals surface area contributed by atoms with Crippen LogP contribution in [0, 0.1) is 0 Å². The summed E-state index contributed by atoms with van der Waals surface area (Å²) in [5, 5.41) is 9.44. The van der Waals surface area contributed by atoms with Gasteiger partial charge in [-0.2, -0.15) is 0 Å². The Morgan fingerprint density at radius 1 is 1.32 bits per heavy atom. The van der Waals surface area contributed by atoms with E-state index in [9.17, 15) is 0 Å². The summed E-state index contributed by atoms with van der Waals surface area (Å²) in [7, 11) is 0. The molecule has 1 saturated heterocycles. The van der Waals surface area contributed by atoms with E-state index in [4.69, 9.17) is 14.7 Å². The summed E-state index contributed by atoms with van der Waals surface area (Å²) in [5.41, 5.74) is 2.99. The first-order chi connectivity index (χ1) is 13.7. The number of thiazole rings is 1. The van der Waals surface area contributed by atoms with E-state index in [0.29, 0.717) is 12.0 Å². The number of hydrogen-bond donors (Lipinski definition) is 2. The number of piperazine rings is 1. The minimum Gasteiger partial charge on any atom is -0.382 e. The molecule has 28 heavy (non-hydrogen) atoms. The maximum atomic E-state index is 5.56. The largest absolute Gasteiger partial charge is 0.382 e. The van der Waals surface area contributed by atoms with Crippen LogP contribution in [-0.2, 0) is 4.74 Å². The first-order valence-electron chi connectivity index (χ1n) is 10.2. The standard InChI is InChI=1S/C21H29N5OS/c1-4-27-12-9-15-13-26(11-10-22-15)19-18-21(28-20(25-18)14(2)3)24-17-8-6-5-7-16(17)23-19/h5-8,14-15,22,24H,4,9-13H2,1-3H3/t15-/m0/s1. The molecule has 1 fully saturated rings. The van der Waals surface area contributed by atoms with E-state index in [1.165, 1.54) is 0 Å². The number of nitrogens with zero attached hydrogens (tertiary/aromatic N) is 3. The molecular weight excluding hydrogens is 370 g/mol. The predicted molar refractivity (Wildman–Crippen MR) is 117 cm³/mol. The van der Waals surface area contributed by atoms with Crippen molar-refractivity contribution in [1.82, 2.24) is 15.2 Å². The Bertz CT molecular complexity index is 847. The van der Waals surface area contributed by atoms with Gasteiger partial charge in [0.1, 0.15) is 10.7 Å². The van der Waals surface area contributed by atoms with E-state index in [0.717, 1.165) is 72.2 Å². The zero-order chi connectivity index (χ0) is 19.5. The van der Waals surface area contributed by atoms with Crippen LogP contribution in [0.15, 0.2) is 29.3 Å². The molecule has 0 amide bonds. The monoisotopic (exact) mass is 399 g/mol. The number of amidine groups is 1. The molecule has 2 aromatic rings. The lowest BCUT2D eigenvalue weighted by molar-refractivity contribution is 0.128. The Labute approximate surface area is 171 Å². The van der Waals surface area contributed by atoms with Crippen molar-refractivity contribution in [3.8, 4) is 0 Å². The third-order valence-electron chi connectivity index (χ3n) is 5.10. The summed E-state index contributed by atoms with van der Waals surface area (Å²) in [6.07, 6.45) is 1.01. The number of para-hydroxylation sites is 2. The van der Waals surface area contributed by atoms with Crippen molar-refractivity contribution in [2.24, 2.45) is 4.99 Å². The van der Waals surface area contributed by atoms with E-state index < -0.39 is 0 Å². The highest BCUT2D eigenvalue weighted by Gasteiger charge is 2.29. The molecule has 0 bridgehead atoms. The number of ether oxygens (including phenoxy) is 1. The SMILES string of the molecule is CCOCC[C@H]1CN(C2=Nc3ccccc3Nc3sc(C(C)C)nc32)CCN1. The zero-order valence-corrected chi connectivity index (χ0v) is 17.7. The highest BCUT2D eigenvalue weighted by molar-refractivity contribution is 7.16. The van der Waals surface area contributed by atoms with Crippen molar-refractivity contribution in [1.29, 1.82) is 0 Å². The molecule has 3 heterocycles. The van der Waals surface area contributed by atoms with Crippen LogP contribution in [0.5, 0.6) is 0 Å². The highest BCUT2D eigenvalue weighted by Crippen LogP contribution is 2.39. The number of fused-ring (bicyclic) bond motifs is 2. The Morgan fingerprint density at radius 2 is 2.18 bits per heavy atom. The molecule has 1 aromatic heterocycles. The maximum Gasteiger partial charge on any atom is 0.158 e. The van der Waals surface area contributed by atoms with Crippen LogP contribution in [-0.4, -0.2) is 54.6 Å². The fourth-order valence-corrected chi connectivity index (χ4v) is 4.56. The molecule has 2 aliphatic rings. The summed E-state index contributed by atoms with van der Waals surface area (Å²) in [5.74, 6) is 1.38. The minimum atomic E-state index is 0.400. The van der Waals surface area contributed by atoms with Gasteiger partial charge < -0.3 is 20.3 Å². The molecule has 1 atom stereocenters. The Kier molecular flexibility index (Phi) is 5.94. The lowest BCUT2D eigenvalue weighted by Gasteiger charge is -2.35. The molecule has 0 radical (unpaired) electrons. The highest BCUT2D eigenvalue weighted by atomic mass is 32.1. The van der Waals surface area contributed by atoms with Crippen LogP contribution in [0.2, 0.25) is 0 Å². The third-order valence-corrected chi connectivity index (χ3v) is 6.37. The van der Waals surface area contributed by atoms with Gasteiger partial charge in [0, 0.05) is 44.8 Å². The first-order valence-corrected chi connectivity index (χ1v) is 11.0. The zero-order valence-electron chi connectivity index (χ0n) is 16.9. The second-order valence-electron chi connectivity index (χ2n) is 7.54. The van der Waals surface area contributed by atoms with Crippen LogP contribution >= 0.6 is 11.3 Å². The van der Waals surface area contributed by atoms with Crippen LogP contribution < -0.4 is 10.6 Å². The van der Waals surface area contributed by atoms with Gasteiger partial charge in [-0.05, 0) is 25.5 Å². The van der Waals surface area contributed by atoms with Gasteiger partial charge in [0.05, 0.1) is 16.4 Å². The van der Waals surface area contributed by atoms with Crippen LogP contribution in [0.25, 0.3) is 0 Å². The summed E-state index contributed by atoms with van der Waals surface area (Å²) >= 11 is 1.74. The van der Waals surface area contributed by atoms with Crippen molar-refractivity contribution < 1.29 is 4.74 Å². The van der Waals surface area contributed by atoms with E-state index >= 15 is 0 Å². The van der Waals surface area contributed by atoms with Gasteiger partial charge in [-0.15, -0.1) is 11.3 Å². The van der Waals surface area contributed by atoms with Gasteiger partial charge >= 0.3 is 0 Å².